The summed E-state index contributed by atoms with van der Waals surface area (Å²) in [6.45, 7) is 2.59. The normalized spacial score (nSPS) is 10.7. The Labute approximate surface area is 186 Å². The number of anilines is 1. The van der Waals surface area contributed by atoms with E-state index in [2.05, 4.69) is 30.6 Å². The first-order valence-corrected chi connectivity index (χ1v) is 10.3. The molecule has 2 N–H and O–H groups in total. The topological polar surface area (TPSA) is 102 Å². The fourth-order valence-electron chi connectivity index (χ4n) is 3.54. The highest BCUT2D eigenvalue weighted by Gasteiger charge is 2.17. The van der Waals surface area contributed by atoms with E-state index < -0.39 is 0 Å². The minimum absolute atomic E-state index is 0.205. The lowest BCUT2D eigenvalue weighted by atomic mass is 10.0. The van der Waals surface area contributed by atoms with Gasteiger partial charge in [-0.2, -0.15) is 0 Å². The van der Waals surface area contributed by atoms with Crippen LogP contribution in [0.15, 0.2) is 55.1 Å². The Kier molecular flexibility index (Phi) is 6.21. The molecule has 0 fully saturated rings. The van der Waals surface area contributed by atoms with E-state index in [4.69, 9.17) is 4.74 Å². The molecule has 0 bridgehead atoms. The molecule has 4 rings (SSSR count). The summed E-state index contributed by atoms with van der Waals surface area (Å²) in [7, 11) is 3.14. The number of hydrogen-bond acceptors (Lipinski definition) is 7. The number of fused-ring (bicyclic) bond motifs is 1. The molecule has 4 aromatic rings. The van der Waals surface area contributed by atoms with Crippen LogP contribution in [0.2, 0.25) is 0 Å². The van der Waals surface area contributed by atoms with E-state index in [1.807, 2.05) is 49.5 Å². The van der Waals surface area contributed by atoms with Gasteiger partial charge in [0, 0.05) is 42.5 Å². The van der Waals surface area contributed by atoms with Crippen molar-refractivity contribution in [2.24, 2.45) is 0 Å². The number of para-hydroxylation sites is 1. The van der Waals surface area contributed by atoms with Gasteiger partial charge in [-0.15, -0.1) is 0 Å². The van der Waals surface area contributed by atoms with Crippen molar-refractivity contribution in [1.29, 1.82) is 0 Å². The zero-order chi connectivity index (χ0) is 22.5. The lowest BCUT2D eigenvalue weighted by Crippen LogP contribution is -2.19. The first-order chi connectivity index (χ1) is 15.6. The van der Waals surface area contributed by atoms with E-state index in [0.717, 1.165) is 39.2 Å². The lowest BCUT2D eigenvalue weighted by Gasteiger charge is -2.13. The van der Waals surface area contributed by atoms with Crippen molar-refractivity contribution in [3.8, 4) is 17.0 Å². The Hall–Kier alpha value is -4.07. The van der Waals surface area contributed by atoms with E-state index in [1.165, 1.54) is 7.11 Å². The molecule has 0 unspecified atom stereocenters. The van der Waals surface area contributed by atoms with Gasteiger partial charge in [-0.3, -0.25) is 14.8 Å². The fraction of sp³-hybridized carbons (Fsp3) is 0.208. The van der Waals surface area contributed by atoms with Gasteiger partial charge in [0.05, 0.1) is 30.1 Å². The van der Waals surface area contributed by atoms with Crippen molar-refractivity contribution in [2.75, 3.05) is 26.0 Å². The number of nitrogens with zero attached hydrogens (tertiary/aromatic N) is 4. The Bertz CT molecular complexity index is 1260. The van der Waals surface area contributed by atoms with Crippen LogP contribution >= 0.6 is 0 Å². The number of aromatic nitrogens is 4. The maximum atomic E-state index is 12.4. The molecule has 1 amide bonds. The number of aryl methyl sites for hydroxylation is 1. The maximum absolute atomic E-state index is 12.4. The molecule has 0 atom stereocenters. The minimum atomic E-state index is -0.205. The molecule has 0 spiro atoms. The molecule has 1 aromatic carbocycles. The Morgan fingerprint density at radius 1 is 1.06 bits per heavy atom. The minimum Gasteiger partial charge on any atom is -0.494 e. The second kappa shape index (κ2) is 9.38. The van der Waals surface area contributed by atoms with Crippen LogP contribution in [0.5, 0.6) is 5.75 Å². The van der Waals surface area contributed by atoms with Crippen LogP contribution in [-0.2, 0) is 6.42 Å². The van der Waals surface area contributed by atoms with Crippen LogP contribution < -0.4 is 15.4 Å². The summed E-state index contributed by atoms with van der Waals surface area (Å²) in [4.78, 5) is 30.0. The molecule has 0 aliphatic heterocycles. The van der Waals surface area contributed by atoms with Gasteiger partial charge in [0.2, 0.25) is 0 Å². The largest absolute Gasteiger partial charge is 0.494 e. The highest BCUT2D eigenvalue weighted by Crippen LogP contribution is 2.28. The van der Waals surface area contributed by atoms with E-state index in [9.17, 15) is 4.79 Å². The number of benzene rings is 1. The zero-order valence-electron chi connectivity index (χ0n) is 18.2. The standard InChI is InChI=1S/C24H24N6O2/c1-15-7-8-17(12-27-15)19-11-21(30-14-29-19)26-10-9-16-5-4-6-18-22(24(31)25-2)20(32-3)13-28-23(16)18/h4-8,11-14H,9-10H2,1-3H3,(H,25,31)(H,26,29,30). The predicted octanol–water partition coefficient (Wildman–Crippen LogP) is 3.42. The predicted molar refractivity (Wildman–Crippen MR) is 124 cm³/mol. The summed E-state index contributed by atoms with van der Waals surface area (Å²) in [5, 5.41) is 6.79. The highest BCUT2D eigenvalue weighted by molar-refractivity contribution is 6.08. The monoisotopic (exact) mass is 428 g/mol. The quantitative estimate of drug-likeness (QED) is 0.465. The summed E-state index contributed by atoms with van der Waals surface area (Å²) >= 11 is 0. The molecule has 3 aromatic heterocycles. The molecule has 0 radical (unpaired) electrons. The van der Waals surface area contributed by atoms with Crippen LogP contribution in [0.1, 0.15) is 21.6 Å². The maximum Gasteiger partial charge on any atom is 0.255 e. The summed E-state index contributed by atoms with van der Waals surface area (Å²) in [5.74, 6) is 0.978. The van der Waals surface area contributed by atoms with Crippen LogP contribution in [0.4, 0.5) is 5.82 Å². The molecule has 8 heteroatoms. The molecule has 0 saturated heterocycles. The van der Waals surface area contributed by atoms with Crippen molar-refractivity contribution >= 4 is 22.6 Å². The molecule has 3 heterocycles. The number of rotatable bonds is 7. The first-order valence-electron chi connectivity index (χ1n) is 10.3. The van der Waals surface area contributed by atoms with Crippen LogP contribution in [0, 0.1) is 6.92 Å². The number of carbonyl (C=O) groups is 1. The van der Waals surface area contributed by atoms with Gasteiger partial charge in [0.15, 0.2) is 5.75 Å². The fourth-order valence-corrected chi connectivity index (χ4v) is 3.54. The number of ether oxygens (including phenoxy) is 1. The Balaban J connectivity index is 1.53. The Morgan fingerprint density at radius 2 is 1.94 bits per heavy atom. The molecule has 0 saturated carbocycles. The van der Waals surface area contributed by atoms with Gasteiger partial charge in [0.25, 0.3) is 5.91 Å². The third kappa shape index (κ3) is 4.34. The van der Waals surface area contributed by atoms with Gasteiger partial charge in [0.1, 0.15) is 12.1 Å². The molecule has 162 valence electrons. The molecule has 32 heavy (non-hydrogen) atoms. The molecule has 0 aliphatic rings. The smallest absolute Gasteiger partial charge is 0.255 e. The summed E-state index contributed by atoms with van der Waals surface area (Å²) < 4.78 is 5.36. The van der Waals surface area contributed by atoms with Gasteiger partial charge in [-0.25, -0.2) is 9.97 Å². The number of nitrogens with one attached hydrogen (secondary N) is 2. The lowest BCUT2D eigenvalue weighted by molar-refractivity contribution is 0.0961. The number of amides is 1. The zero-order valence-corrected chi connectivity index (χ0v) is 18.2. The summed E-state index contributed by atoms with van der Waals surface area (Å²) in [5.41, 5.74) is 5.01. The van der Waals surface area contributed by atoms with Gasteiger partial charge in [-0.05, 0) is 31.0 Å². The van der Waals surface area contributed by atoms with Gasteiger partial charge in [-0.1, -0.05) is 18.2 Å². The molecule has 8 nitrogen and oxygen atoms in total. The second-order valence-corrected chi connectivity index (χ2v) is 7.25. The average Bonchev–Trinajstić information content (AvgIpc) is 2.83. The van der Waals surface area contributed by atoms with Crippen molar-refractivity contribution in [3.05, 3.63) is 71.9 Å². The average molecular weight is 428 g/mol. The van der Waals surface area contributed by atoms with E-state index in [0.29, 0.717) is 24.3 Å². The van der Waals surface area contributed by atoms with E-state index in [-0.39, 0.29) is 5.91 Å². The Morgan fingerprint density at radius 3 is 2.69 bits per heavy atom. The third-order valence-electron chi connectivity index (χ3n) is 5.19. The number of pyridine rings is 2. The first kappa shape index (κ1) is 21.2. The molecular weight excluding hydrogens is 404 g/mol. The molecule has 0 aliphatic carbocycles. The van der Waals surface area contributed by atoms with Gasteiger partial charge < -0.3 is 15.4 Å². The van der Waals surface area contributed by atoms with E-state index >= 15 is 0 Å². The number of methoxy groups -OCH3 is 1. The van der Waals surface area contributed by atoms with Crippen LogP contribution in [0.3, 0.4) is 0 Å². The van der Waals surface area contributed by atoms with Crippen LogP contribution in [0.25, 0.3) is 22.2 Å². The van der Waals surface area contributed by atoms with Crippen molar-refractivity contribution in [1.82, 2.24) is 25.3 Å². The summed E-state index contributed by atoms with van der Waals surface area (Å²) in [6.07, 6.45) is 5.64. The number of hydrogen-bond donors (Lipinski definition) is 2. The van der Waals surface area contributed by atoms with Crippen molar-refractivity contribution in [3.63, 3.8) is 0 Å². The SMILES string of the molecule is CNC(=O)c1c(OC)cnc2c(CCNc3cc(-c4ccc(C)nc4)ncn3)cccc12. The summed E-state index contributed by atoms with van der Waals surface area (Å²) in [6, 6.07) is 11.7. The molecular formula is C24H24N6O2. The third-order valence-corrected chi connectivity index (χ3v) is 5.19. The van der Waals surface area contributed by atoms with E-state index in [1.54, 1.807) is 19.6 Å². The van der Waals surface area contributed by atoms with Crippen molar-refractivity contribution in [2.45, 2.75) is 13.3 Å². The number of carbonyl (C=O) groups excluding carboxylic acids is 1. The van der Waals surface area contributed by atoms with Crippen LogP contribution in [-0.4, -0.2) is 46.5 Å². The second-order valence-electron chi connectivity index (χ2n) is 7.25. The van der Waals surface area contributed by atoms with Gasteiger partial charge >= 0.3 is 0 Å². The van der Waals surface area contributed by atoms with Crippen molar-refractivity contribution < 1.29 is 9.53 Å². The highest BCUT2D eigenvalue weighted by atomic mass is 16.5.